The molecule has 7 nitrogen and oxygen atoms in total. The Morgan fingerprint density at radius 1 is 1.30 bits per heavy atom. The number of pyridine rings is 1. The number of piperidine rings is 1. The van der Waals surface area contributed by atoms with Gasteiger partial charge in [0.25, 0.3) is 0 Å². The molecular weight excluding hydrogens is 296 g/mol. The fourth-order valence-corrected chi connectivity index (χ4v) is 2.75. The van der Waals surface area contributed by atoms with Crippen molar-refractivity contribution in [3.63, 3.8) is 0 Å². The van der Waals surface area contributed by atoms with Crippen LogP contribution in [0.3, 0.4) is 0 Å². The Balaban J connectivity index is 1.78. The van der Waals surface area contributed by atoms with Crippen LogP contribution in [0, 0.1) is 5.41 Å². The van der Waals surface area contributed by atoms with Gasteiger partial charge in [-0.3, -0.25) is 14.6 Å². The number of hydrogen-bond donors (Lipinski definition) is 3. The van der Waals surface area contributed by atoms with E-state index in [9.17, 15) is 9.59 Å². The first-order valence-corrected chi connectivity index (χ1v) is 7.84. The number of ether oxygens (including phenoxy) is 1. The number of rotatable bonds is 7. The highest BCUT2D eigenvalue weighted by Crippen LogP contribution is 2.29. The second-order valence-electron chi connectivity index (χ2n) is 5.75. The molecular formula is C16H24N4O3. The molecule has 7 heteroatoms. The van der Waals surface area contributed by atoms with Crippen molar-refractivity contribution in [1.29, 1.82) is 0 Å². The lowest BCUT2D eigenvalue weighted by Crippen LogP contribution is -2.50. The monoisotopic (exact) mass is 320 g/mol. The van der Waals surface area contributed by atoms with E-state index in [1.54, 1.807) is 31.6 Å². The van der Waals surface area contributed by atoms with Crippen molar-refractivity contribution < 1.29 is 14.3 Å². The molecule has 1 aliphatic rings. The van der Waals surface area contributed by atoms with Crippen molar-refractivity contribution in [2.45, 2.75) is 19.3 Å². The molecule has 0 aromatic carbocycles. The molecule has 0 bridgehead atoms. The van der Waals surface area contributed by atoms with Crippen LogP contribution in [-0.4, -0.2) is 50.1 Å². The van der Waals surface area contributed by atoms with Gasteiger partial charge in [-0.15, -0.1) is 0 Å². The summed E-state index contributed by atoms with van der Waals surface area (Å²) in [5.41, 5.74) is 0.215. The Morgan fingerprint density at radius 3 is 2.65 bits per heavy atom. The van der Waals surface area contributed by atoms with Crippen LogP contribution < -0.4 is 16.0 Å². The highest BCUT2D eigenvalue weighted by molar-refractivity contribution is 5.91. The van der Waals surface area contributed by atoms with E-state index in [0.717, 1.165) is 25.9 Å². The first-order chi connectivity index (χ1) is 11.2. The number of carbonyl (C=O) groups excluding carboxylic acids is 2. The molecule has 2 rings (SSSR count). The van der Waals surface area contributed by atoms with Gasteiger partial charge in [-0.1, -0.05) is 0 Å². The van der Waals surface area contributed by atoms with Gasteiger partial charge >= 0.3 is 0 Å². The van der Waals surface area contributed by atoms with Crippen LogP contribution >= 0.6 is 0 Å². The van der Waals surface area contributed by atoms with Gasteiger partial charge in [-0.05, 0) is 38.1 Å². The third kappa shape index (κ3) is 5.01. The van der Waals surface area contributed by atoms with Crippen molar-refractivity contribution in [3.8, 4) is 0 Å². The summed E-state index contributed by atoms with van der Waals surface area (Å²) in [6.45, 7) is 2.33. The van der Waals surface area contributed by atoms with Crippen LogP contribution in [0.2, 0.25) is 0 Å². The molecule has 2 amide bonds. The van der Waals surface area contributed by atoms with E-state index in [2.05, 4.69) is 20.9 Å². The zero-order valence-corrected chi connectivity index (χ0v) is 13.4. The van der Waals surface area contributed by atoms with E-state index in [0.29, 0.717) is 18.8 Å². The summed E-state index contributed by atoms with van der Waals surface area (Å²) < 4.78 is 5.24. The summed E-state index contributed by atoms with van der Waals surface area (Å²) in [4.78, 5) is 28.2. The Labute approximate surface area is 136 Å². The van der Waals surface area contributed by atoms with Crippen LogP contribution in [0.5, 0.6) is 0 Å². The molecule has 1 aliphatic heterocycles. The minimum atomic E-state index is -0.485. The number of anilines is 1. The fraction of sp³-hybridized carbons (Fsp3) is 0.562. The summed E-state index contributed by atoms with van der Waals surface area (Å²) in [5.74, 6) is -0.167. The molecule has 0 radical (unpaired) electrons. The Kier molecular flexibility index (Phi) is 6.49. The van der Waals surface area contributed by atoms with Crippen molar-refractivity contribution in [2.24, 2.45) is 5.41 Å². The molecule has 0 spiro atoms. The van der Waals surface area contributed by atoms with Crippen molar-refractivity contribution in [1.82, 2.24) is 15.6 Å². The van der Waals surface area contributed by atoms with Gasteiger partial charge in [-0.2, -0.15) is 0 Å². The Morgan fingerprint density at radius 2 is 2.00 bits per heavy atom. The van der Waals surface area contributed by atoms with Gasteiger partial charge in [-0.25, -0.2) is 0 Å². The Bertz CT molecular complexity index is 510. The van der Waals surface area contributed by atoms with Gasteiger partial charge in [0.05, 0.1) is 12.0 Å². The van der Waals surface area contributed by atoms with Crippen LogP contribution in [-0.2, 0) is 14.3 Å². The van der Waals surface area contributed by atoms with E-state index >= 15 is 0 Å². The van der Waals surface area contributed by atoms with Gasteiger partial charge in [0.15, 0.2) is 0 Å². The van der Waals surface area contributed by atoms with Crippen LogP contribution in [0.15, 0.2) is 24.5 Å². The minimum absolute atomic E-state index is 0.0300. The van der Waals surface area contributed by atoms with Gasteiger partial charge in [0.2, 0.25) is 11.8 Å². The van der Waals surface area contributed by atoms with Crippen LogP contribution in [0.4, 0.5) is 5.69 Å². The standard InChI is InChI=1S/C16H24N4O3/c1-23-12-16(5-10-18-11-6-16)15(22)19-9-4-14(21)20-13-2-7-17-8-3-13/h2-3,7-8,18H,4-6,9-12H2,1H3,(H,19,22)(H,17,20,21). The van der Waals surface area contributed by atoms with Crippen molar-refractivity contribution >= 4 is 17.5 Å². The molecule has 126 valence electrons. The van der Waals surface area contributed by atoms with Crippen molar-refractivity contribution in [3.05, 3.63) is 24.5 Å². The third-order valence-electron chi connectivity index (χ3n) is 4.06. The smallest absolute Gasteiger partial charge is 0.228 e. The molecule has 3 N–H and O–H groups in total. The number of carbonyl (C=O) groups is 2. The predicted octanol–water partition coefficient (Wildman–Crippen LogP) is 0.543. The van der Waals surface area contributed by atoms with E-state index in [1.807, 2.05) is 0 Å². The maximum absolute atomic E-state index is 12.5. The first-order valence-electron chi connectivity index (χ1n) is 7.84. The molecule has 23 heavy (non-hydrogen) atoms. The zero-order valence-electron chi connectivity index (χ0n) is 13.4. The number of amides is 2. The maximum Gasteiger partial charge on any atom is 0.228 e. The summed E-state index contributed by atoms with van der Waals surface area (Å²) in [6, 6.07) is 3.44. The molecule has 1 aromatic heterocycles. The molecule has 0 saturated carbocycles. The fourth-order valence-electron chi connectivity index (χ4n) is 2.75. The predicted molar refractivity (Wildman–Crippen MR) is 86.9 cm³/mol. The Hall–Kier alpha value is -1.99. The van der Waals surface area contributed by atoms with Gasteiger partial charge in [0.1, 0.15) is 0 Å². The van der Waals surface area contributed by atoms with E-state index < -0.39 is 5.41 Å². The third-order valence-corrected chi connectivity index (χ3v) is 4.06. The molecule has 1 fully saturated rings. The maximum atomic E-state index is 12.5. The topological polar surface area (TPSA) is 92.3 Å². The number of aromatic nitrogens is 1. The van der Waals surface area contributed by atoms with Crippen LogP contribution in [0.25, 0.3) is 0 Å². The largest absolute Gasteiger partial charge is 0.384 e. The average molecular weight is 320 g/mol. The molecule has 0 aliphatic carbocycles. The lowest BCUT2D eigenvalue weighted by molar-refractivity contribution is -0.136. The number of methoxy groups -OCH3 is 1. The number of nitrogens with one attached hydrogen (secondary N) is 3. The molecule has 0 unspecified atom stereocenters. The van der Waals surface area contributed by atoms with Crippen LogP contribution in [0.1, 0.15) is 19.3 Å². The molecule has 1 saturated heterocycles. The highest BCUT2D eigenvalue weighted by Gasteiger charge is 2.39. The zero-order chi connectivity index (χ0) is 16.5. The van der Waals surface area contributed by atoms with Gasteiger partial charge < -0.3 is 20.7 Å². The summed E-state index contributed by atoms with van der Waals surface area (Å²) in [7, 11) is 1.61. The lowest BCUT2D eigenvalue weighted by Gasteiger charge is -2.35. The summed E-state index contributed by atoms with van der Waals surface area (Å²) >= 11 is 0. The van der Waals surface area contributed by atoms with E-state index in [4.69, 9.17) is 4.74 Å². The number of nitrogens with zero attached hydrogens (tertiary/aromatic N) is 1. The second-order valence-corrected chi connectivity index (χ2v) is 5.75. The molecule has 1 aromatic rings. The van der Waals surface area contributed by atoms with E-state index in [1.165, 1.54) is 0 Å². The van der Waals surface area contributed by atoms with E-state index in [-0.39, 0.29) is 18.2 Å². The summed E-state index contributed by atoms with van der Waals surface area (Å²) in [6.07, 6.45) is 4.95. The number of hydrogen-bond acceptors (Lipinski definition) is 5. The SMILES string of the molecule is COCC1(C(=O)NCCC(=O)Nc2ccncc2)CCNCC1. The quantitative estimate of drug-likeness (QED) is 0.682. The summed E-state index contributed by atoms with van der Waals surface area (Å²) in [5, 5.41) is 8.89. The highest BCUT2D eigenvalue weighted by atomic mass is 16.5. The average Bonchev–Trinajstić information content (AvgIpc) is 2.57. The van der Waals surface area contributed by atoms with Crippen molar-refractivity contribution in [2.75, 3.05) is 38.7 Å². The normalized spacial score (nSPS) is 16.6. The molecule has 0 atom stereocenters. The second kappa shape index (κ2) is 8.59. The minimum Gasteiger partial charge on any atom is -0.384 e. The molecule has 2 heterocycles. The van der Waals surface area contributed by atoms with Gasteiger partial charge in [0, 0.05) is 38.2 Å². The lowest BCUT2D eigenvalue weighted by atomic mass is 9.78. The first kappa shape index (κ1) is 17.4.